The zero-order chi connectivity index (χ0) is 13.7. The predicted octanol–water partition coefficient (Wildman–Crippen LogP) is 2.05. The average molecular weight is 281 g/mol. The summed E-state index contributed by atoms with van der Waals surface area (Å²) in [5.74, 6) is -0.960. The van der Waals surface area contributed by atoms with E-state index in [1.165, 1.54) is 11.3 Å². The number of anilines is 1. The van der Waals surface area contributed by atoms with Gasteiger partial charge < -0.3 is 10.2 Å². The highest BCUT2D eigenvalue weighted by atomic mass is 32.1. The number of nitrogens with zero attached hydrogens (tertiary/aromatic N) is 2. The van der Waals surface area contributed by atoms with Crippen LogP contribution in [0.1, 0.15) is 38.3 Å². The van der Waals surface area contributed by atoms with Gasteiger partial charge in [-0.15, -0.1) is 11.3 Å². The van der Waals surface area contributed by atoms with Crippen LogP contribution in [0.4, 0.5) is 5.00 Å². The van der Waals surface area contributed by atoms with Crippen LogP contribution in [-0.4, -0.2) is 34.8 Å². The second-order valence-corrected chi connectivity index (χ2v) is 5.50. The zero-order valence-electron chi connectivity index (χ0n) is 11.1. The molecule has 0 bridgehead atoms. The third-order valence-corrected chi connectivity index (χ3v) is 4.07. The highest BCUT2D eigenvalue weighted by molar-refractivity contribution is 7.14. The lowest BCUT2D eigenvalue weighted by molar-refractivity contribution is -0.143. The highest BCUT2D eigenvalue weighted by Crippen LogP contribution is 2.20. The summed E-state index contributed by atoms with van der Waals surface area (Å²) in [6.45, 7) is 3.35. The molecular weight excluding hydrogens is 262 g/mol. The maximum Gasteiger partial charge on any atom is 0.314 e. The Hall–Kier alpha value is -1.43. The number of nitrogens with one attached hydrogen (secondary N) is 1. The lowest BCUT2D eigenvalue weighted by Gasteiger charge is -2.19. The van der Waals surface area contributed by atoms with E-state index in [-0.39, 0.29) is 0 Å². The molecular formula is C13H19N3O2S. The van der Waals surface area contributed by atoms with Crippen molar-refractivity contribution in [1.29, 1.82) is 0 Å². The van der Waals surface area contributed by atoms with E-state index >= 15 is 0 Å². The Balaban J connectivity index is 1.97. The van der Waals surface area contributed by atoms with Gasteiger partial charge in [-0.1, -0.05) is 19.8 Å². The Labute approximate surface area is 117 Å². The van der Waals surface area contributed by atoms with Crippen LogP contribution in [0, 0.1) is 0 Å². The van der Waals surface area contributed by atoms with Gasteiger partial charge in [0.2, 0.25) is 0 Å². The minimum atomic E-state index is -0.541. The number of amides is 2. The fourth-order valence-corrected chi connectivity index (χ4v) is 2.97. The quantitative estimate of drug-likeness (QED) is 0.844. The minimum Gasteiger partial charge on any atom is -0.334 e. The molecule has 0 aliphatic carbocycles. The lowest BCUT2D eigenvalue weighted by Crippen LogP contribution is -2.40. The zero-order valence-corrected chi connectivity index (χ0v) is 12.0. The van der Waals surface area contributed by atoms with Crippen molar-refractivity contribution in [2.24, 2.45) is 0 Å². The van der Waals surface area contributed by atoms with Crippen LogP contribution in [0.15, 0.2) is 5.51 Å². The first kappa shape index (κ1) is 14.0. The van der Waals surface area contributed by atoms with E-state index in [4.69, 9.17) is 0 Å². The summed E-state index contributed by atoms with van der Waals surface area (Å²) in [5, 5.41) is 3.38. The third-order valence-electron chi connectivity index (χ3n) is 3.29. The maximum absolute atomic E-state index is 12.1. The molecule has 2 rings (SSSR count). The number of aromatic nitrogens is 1. The van der Waals surface area contributed by atoms with Gasteiger partial charge in [0, 0.05) is 13.1 Å². The first-order chi connectivity index (χ1) is 9.22. The summed E-state index contributed by atoms with van der Waals surface area (Å²) < 4.78 is 0. The molecule has 6 heteroatoms. The monoisotopic (exact) mass is 281 g/mol. The molecule has 1 N–H and O–H groups in total. The van der Waals surface area contributed by atoms with Crippen molar-refractivity contribution >= 4 is 28.2 Å². The van der Waals surface area contributed by atoms with Gasteiger partial charge in [-0.2, -0.15) is 0 Å². The van der Waals surface area contributed by atoms with Crippen LogP contribution in [0.5, 0.6) is 0 Å². The normalized spacial score (nSPS) is 15.9. The number of hydrogen-bond acceptors (Lipinski definition) is 4. The van der Waals surface area contributed by atoms with E-state index < -0.39 is 11.8 Å². The van der Waals surface area contributed by atoms with Crippen molar-refractivity contribution in [2.45, 2.75) is 39.0 Å². The number of carbonyl (C=O) groups excluding carboxylic acids is 2. The summed E-state index contributed by atoms with van der Waals surface area (Å²) in [7, 11) is 0. The molecule has 0 spiro atoms. The van der Waals surface area contributed by atoms with Crippen molar-refractivity contribution in [1.82, 2.24) is 9.88 Å². The molecule has 0 aromatic carbocycles. The minimum absolute atomic E-state index is 0.419. The van der Waals surface area contributed by atoms with Crippen molar-refractivity contribution in [3.8, 4) is 0 Å². The van der Waals surface area contributed by atoms with Crippen LogP contribution in [-0.2, 0) is 16.0 Å². The number of aryl methyl sites for hydroxylation is 1. The van der Waals surface area contributed by atoms with Crippen molar-refractivity contribution < 1.29 is 9.59 Å². The van der Waals surface area contributed by atoms with Crippen molar-refractivity contribution in [3.63, 3.8) is 0 Å². The number of carbonyl (C=O) groups is 2. The van der Waals surface area contributed by atoms with E-state index in [0.29, 0.717) is 18.1 Å². The second-order valence-electron chi connectivity index (χ2n) is 4.64. The molecule has 1 aliphatic heterocycles. The fourth-order valence-electron chi connectivity index (χ4n) is 2.20. The number of rotatable bonds is 2. The molecule has 104 valence electrons. The van der Waals surface area contributed by atoms with Gasteiger partial charge in [0.25, 0.3) is 0 Å². The molecule has 0 radical (unpaired) electrons. The summed E-state index contributed by atoms with van der Waals surface area (Å²) in [5.41, 5.74) is 2.52. The SMILES string of the molecule is CCc1ncsc1NC(=O)C(=O)N1CCCCCC1. The summed E-state index contributed by atoms with van der Waals surface area (Å²) >= 11 is 1.36. The van der Waals surface area contributed by atoms with E-state index in [9.17, 15) is 9.59 Å². The number of thiazole rings is 1. The van der Waals surface area contributed by atoms with E-state index in [1.54, 1.807) is 10.4 Å². The fraction of sp³-hybridized carbons (Fsp3) is 0.615. The number of likely N-dealkylation sites (tertiary alicyclic amines) is 1. The van der Waals surface area contributed by atoms with Crippen LogP contribution < -0.4 is 5.32 Å². The van der Waals surface area contributed by atoms with Crippen LogP contribution in [0.2, 0.25) is 0 Å². The smallest absolute Gasteiger partial charge is 0.314 e. The van der Waals surface area contributed by atoms with Gasteiger partial charge in [0.05, 0.1) is 11.2 Å². The van der Waals surface area contributed by atoms with Crippen LogP contribution >= 0.6 is 11.3 Å². The predicted molar refractivity (Wildman–Crippen MR) is 75.2 cm³/mol. The van der Waals surface area contributed by atoms with Crippen LogP contribution in [0.25, 0.3) is 0 Å². The molecule has 19 heavy (non-hydrogen) atoms. The summed E-state index contributed by atoms with van der Waals surface area (Å²) in [6.07, 6.45) is 5.00. The lowest BCUT2D eigenvalue weighted by atomic mass is 10.2. The molecule has 2 heterocycles. The molecule has 0 unspecified atom stereocenters. The van der Waals surface area contributed by atoms with Gasteiger partial charge >= 0.3 is 11.8 Å². The highest BCUT2D eigenvalue weighted by Gasteiger charge is 2.23. The molecule has 1 aromatic heterocycles. The maximum atomic E-state index is 12.1. The third kappa shape index (κ3) is 3.53. The second kappa shape index (κ2) is 6.65. The van der Waals surface area contributed by atoms with Gasteiger partial charge in [0.15, 0.2) is 0 Å². The molecule has 0 atom stereocenters. The first-order valence-electron chi connectivity index (χ1n) is 6.75. The van der Waals surface area contributed by atoms with E-state index in [0.717, 1.165) is 37.8 Å². The van der Waals surface area contributed by atoms with Gasteiger partial charge in [-0.25, -0.2) is 4.98 Å². The standard InChI is InChI=1S/C13H19N3O2S/c1-2-10-12(19-9-14-10)15-11(17)13(18)16-7-5-3-4-6-8-16/h9H,2-8H2,1H3,(H,15,17). The Morgan fingerprint density at radius 3 is 2.63 bits per heavy atom. The summed E-state index contributed by atoms with van der Waals surface area (Å²) in [4.78, 5) is 29.9. The molecule has 2 amide bonds. The van der Waals surface area contributed by atoms with Gasteiger partial charge in [-0.05, 0) is 19.3 Å². The van der Waals surface area contributed by atoms with Crippen LogP contribution in [0.3, 0.4) is 0 Å². The average Bonchev–Trinajstić information content (AvgIpc) is 2.69. The molecule has 0 saturated carbocycles. The van der Waals surface area contributed by atoms with Gasteiger partial charge in [-0.3, -0.25) is 9.59 Å². The molecule has 5 nitrogen and oxygen atoms in total. The largest absolute Gasteiger partial charge is 0.334 e. The van der Waals surface area contributed by atoms with E-state index in [2.05, 4.69) is 10.3 Å². The molecule has 1 saturated heterocycles. The molecule has 1 fully saturated rings. The first-order valence-corrected chi connectivity index (χ1v) is 7.63. The molecule has 1 aliphatic rings. The van der Waals surface area contributed by atoms with Gasteiger partial charge in [0.1, 0.15) is 5.00 Å². The Kier molecular flexibility index (Phi) is 4.90. The Morgan fingerprint density at radius 1 is 1.32 bits per heavy atom. The Morgan fingerprint density at radius 2 is 2.00 bits per heavy atom. The van der Waals surface area contributed by atoms with E-state index in [1.807, 2.05) is 6.92 Å². The topological polar surface area (TPSA) is 62.3 Å². The van der Waals surface area contributed by atoms with Crippen molar-refractivity contribution in [2.75, 3.05) is 18.4 Å². The molecule has 1 aromatic rings. The Bertz CT molecular complexity index is 450. The van der Waals surface area contributed by atoms with Crippen molar-refractivity contribution in [3.05, 3.63) is 11.2 Å². The number of hydrogen-bond donors (Lipinski definition) is 1. The summed E-state index contributed by atoms with van der Waals surface area (Å²) in [6, 6.07) is 0.